The van der Waals surface area contributed by atoms with Crippen LogP contribution < -0.4 is 0 Å². The Labute approximate surface area is 107 Å². The lowest BCUT2D eigenvalue weighted by Gasteiger charge is -2.13. The van der Waals surface area contributed by atoms with Gasteiger partial charge in [0.1, 0.15) is 0 Å². The van der Waals surface area contributed by atoms with E-state index in [9.17, 15) is 4.79 Å². The van der Waals surface area contributed by atoms with E-state index in [0.717, 1.165) is 5.69 Å². The van der Waals surface area contributed by atoms with Crippen molar-refractivity contribution in [3.8, 4) is 0 Å². The fraction of sp³-hybridized carbons (Fsp3) is 0.273. The molecule has 0 saturated heterocycles. The first-order chi connectivity index (χ1) is 8.06. The van der Waals surface area contributed by atoms with Crippen LogP contribution in [0.3, 0.4) is 0 Å². The van der Waals surface area contributed by atoms with Gasteiger partial charge in [0.05, 0.1) is 12.2 Å². The minimum Gasteiger partial charge on any atom is -0.444 e. The van der Waals surface area contributed by atoms with Crippen molar-refractivity contribution in [3.63, 3.8) is 0 Å². The van der Waals surface area contributed by atoms with Gasteiger partial charge in [-0.05, 0) is 34.1 Å². The summed E-state index contributed by atoms with van der Waals surface area (Å²) in [6, 6.07) is 5.21. The number of halogens is 1. The van der Waals surface area contributed by atoms with Crippen molar-refractivity contribution in [1.29, 1.82) is 0 Å². The third kappa shape index (κ3) is 2.76. The monoisotopic (exact) mass is 297 g/mol. The Morgan fingerprint density at radius 2 is 2.29 bits per heavy atom. The summed E-state index contributed by atoms with van der Waals surface area (Å²) in [6.45, 7) is 0.456. The number of carbonyl (C=O) groups is 1. The molecule has 0 saturated carbocycles. The molecule has 0 N–H and O–H groups in total. The Balaban J connectivity index is 2.05. The largest absolute Gasteiger partial charge is 0.444 e. The number of nitrogens with zero attached hydrogens (tertiary/aromatic N) is 3. The van der Waals surface area contributed by atoms with Crippen LogP contribution in [0.2, 0.25) is 0 Å². The second-order valence-corrected chi connectivity index (χ2v) is 4.53. The van der Waals surface area contributed by atoms with Gasteiger partial charge in [0, 0.05) is 20.3 Å². The molecule has 0 bridgehead atoms. The Morgan fingerprint density at radius 3 is 2.82 bits per heavy atom. The minimum atomic E-state index is -0.165. The number of carbonyl (C=O) groups excluding carboxylic acids is 1. The summed E-state index contributed by atoms with van der Waals surface area (Å²) in [5.41, 5.74) is 0.842. The summed E-state index contributed by atoms with van der Waals surface area (Å²) in [5, 5.41) is 4.21. The van der Waals surface area contributed by atoms with Crippen molar-refractivity contribution >= 4 is 21.8 Å². The van der Waals surface area contributed by atoms with Crippen molar-refractivity contribution in [2.24, 2.45) is 7.05 Å². The van der Waals surface area contributed by atoms with Crippen LogP contribution in [0.1, 0.15) is 16.2 Å². The zero-order valence-corrected chi connectivity index (χ0v) is 11.1. The highest BCUT2D eigenvalue weighted by Gasteiger charge is 2.16. The predicted molar refractivity (Wildman–Crippen MR) is 65.4 cm³/mol. The first-order valence-corrected chi connectivity index (χ1v) is 5.85. The second-order valence-electron chi connectivity index (χ2n) is 3.75. The van der Waals surface area contributed by atoms with Crippen LogP contribution in [-0.2, 0) is 13.6 Å². The molecule has 90 valence electrons. The lowest BCUT2D eigenvalue weighted by atomic mass is 10.3. The van der Waals surface area contributed by atoms with E-state index in [-0.39, 0.29) is 5.91 Å². The van der Waals surface area contributed by atoms with Gasteiger partial charge in [-0.1, -0.05) is 0 Å². The van der Waals surface area contributed by atoms with E-state index in [0.29, 0.717) is 17.0 Å². The average molecular weight is 298 g/mol. The molecule has 0 unspecified atom stereocenters. The molecule has 1 amide bonds. The maximum atomic E-state index is 11.9. The van der Waals surface area contributed by atoms with E-state index in [1.165, 1.54) is 0 Å². The van der Waals surface area contributed by atoms with Crippen molar-refractivity contribution in [2.45, 2.75) is 6.54 Å². The molecular formula is C11H12BrN3O2. The van der Waals surface area contributed by atoms with Gasteiger partial charge in [-0.15, -0.1) is 0 Å². The standard InChI is InChI=1S/C11H12BrN3O2/c1-14(7-8-5-6-15(2)13-8)11(16)9-3-4-10(12)17-9/h3-6H,7H2,1-2H3. The highest BCUT2D eigenvalue weighted by atomic mass is 79.9. The lowest BCUT2D eigenvalue weighted by molar-refractivity contribution is 0.0750. The topological polar surface area (TPSA) is 51.3 Å². The zero-order chi connectivity index (χ0) is 12.4. The Morgan fingerprint density at radius 1 is 1.53 bits per heavy atom. The molecule has 5 nitrogen and oxygen atoms in total. The van der Waals surface area contributed by atoms with Crippen LogP contribution in [0.5, 0.6) is 0 Å². The number of aromatic nitrogens is 2. The first-order valence-electron chi connectivity index (χ1n) is 5.05. The fourth-order valence-corrected chi connectivity index (χ4v) is 1.79. The van der Waals surface area contributed by atoms with Crippen LogP contribution in [0.25, 0.3) is 0 Å². The number of amides is 1. The Bertz CT molecular complexity index is 532. The van der Waals surface area contributed by atoms with Crippen molar-refractivity contribution < 1.29 is 9.21 Å². The maximum Gasteiger partial charge on any atom is 0.289 e. The summed E-state index contributed by atoms with van der Waals surface area (Å²) in [4.78, 5) is 13.5. The molecule has 0 aliphatic heterocycles. The third-order valence-electron chi connectivity index (χ3n) is 2.30. The van der Waals surface area contributed by atoms with E-state index in [1.807, 2.05) is 19.3 Å². The average Bonchev–Trinajstić information content (AvgIpc) is 2.87. The number of hydrogen-bond acceptors (Lipinski definition) is 3. The molecule has 0 aliphatic rings. The quantitative estimate of drug-likeness (QED) is 0.871. The smallest absolute Gasteiger partial charge is 0.289 e. The van der Waals surface area contributed by atoms with Gasteiger partial charge in [0.25, 0.3) is 5.91 Å². The SMILES string of the molecule is CN(Cc1ccn(C)n1)C(=O)c1ccc(Br)o1. The molecule has 2 heterocycles. The zero-order valence-electron chi connectivity index (χ0n) is 9.55. The van der Waals surface area contributed by atoms with Crippen molar-refractivity contribution in [2.75, 3.05) is 7.05 Å². The first kappa shape index (κ1) is 11.9. The summed E-state index contributed by atoms with van der Waals surface area (Å²) in [7, 11) is 3.56. The van der Waals surface area contributed by atoms with Crippen LogP contribution in [0.4, 0.5) is 0 Å². The summed E-state index contributed by atoms with van der Waals surface area (Å²) >= 11 is 3.17. The molecule has 0 radical (unpaired) electrons. The predicted octanol–water partition coefficient (Wildman–Crippen LogP) is 2.05. The highest BCUT2D eigenvalue weighted by Crippen LogP contribution is 2.16. The van der Waals surface area contributed by atoms with Gasteiger partial charge in [-0.3, -0.25) is 9.48 Å². The van der Waals surface area contributed by atoms with Gasteiger partial charge < -0.3 is 9.32 Å². The molecule has 6 heteroatoms. The third-order valence-corrected chi connectivity index (χ3v) is 2.72. The van der Waals surface area contributed by atoms with E-state index >= 15 is 0 Å². The molecule has 0 atom stereocenters. The van der Waals surface area contributed by atoms with E-state index in [4.69, 9.17) is 4.42 Å². The molecule has 0 aliphatic carbocycles. The lowest BCUT2D eigenvalue weighted by Crippen LogP contribution is -2.26. The molecule has 0 aromatic carbocycles. The van der Waals surface area contributed by atoms with Gasteiger partial charge in [0.2, 0.25) is 0 Å². The Hall–Kier alpha value is -1.56. The second kappa shape index (κ2) is 4.75. The van der Waals surface area contributed by atoms with E-state index in [1.54, 1.807) is 28.8 Å². The summed E-state index contributed by atoms with van der Waals surface area (Å²) < 4.78 is 7.46. The minimum absolute atomic E-state index is 0.165. The van der Waals surface area contributed by atoms with Gasteiger partial charge >= 0.3 is 0 Å². The van der Waals surface area contributed by atoms with Gasteiger partial charge in [0.15, 0.2) is 10.4 Å². The molecule has 0 fully saturated rings. The van der Waals surface area contributed by atoms with Crippen LogP contribution in [0.15, 0.2) is 33.5 Å². The number of hydrogen-bond donors (Lipinski definition) is 0. The highest BCUT2D eigenvalue weighted by molar-refractivity contribution is 9.10. The summed E-state index contributed by atoms with van der Waals surface area (Å²) in [6.07, 6.45) is 1.84. The summed E-state index contributed by atoms with van der Waals surface area (Å²) in [5.74, 6) is 0.150. The maximum absolute atomic E-state index is 11.9. The number of rotatable bonds is 3. The Kier molecular flexibility index (Phi) is 3.33. The molecule has 17 heavy (non-hydrogen) atoms. The van der Waals surface area contributed by atoms with Crippen molar-refractivity contribution in [1.82, 2.24) is 14.7 Å². The number of furan rings is 1. The van der Waals surface area contributed by atoms with E-state index < -0.39 is 0 Å². The van der Waals surface area contributed by atoms with Crippen LogP contribution >= 0.6 is 15.9 Å². The van der Waals surface area contributed by atoms with Gasteiger partial charge in [-0.2, -0.15) is 5.10 Å². The van der Waals surface area contributed by atoms with Crippen LogP contribution in [-0.4, -0.2) is 27.6 Å². The van der Waals surface area contributed by atoms with Crippen LogP contribution in [0, 0.1) is 0 Å². The van der Waals surface area contributed by atoms with Crippen molar-refractivity contribution in [3.05, 3.63) is 40.5 Å². The normalized spacial score (nSPS) is 10.5. The molecule has 2 rings (SSSR count). The van der Waals surface area contributed by atoms with E-state index in [2.05, 4.69) is 21.0 Å². The molecule has 0 spiro atoms. The molecule has 2 aromatic heterocycles. The molecular weight excluding hydrogens is 286 g/mol. The van der Waals surface area contributed by atoms with Gasteiger partial charge in [-0.25, -0.2) is 0 Å². The molecule has 2 aromatic rings. The fourth-order valence-electron chi connectivity index (χ4n) is 1.48. The number of aryl methyl sites for hydroxylation is 1.